The molecule has 18 heteroatoms. The quantitative estimate of drug-likeness (QED) is 0.0827. The number of epoxide rings is 1. The molecule has 2 aromatic rings. The number of hydrogen-bond donors (Lipinski definition) is 3. The SMILES string of the molecule is COc1ccc(C[C@H]2NC(=O)/C=C/C[C@@H]([C@H](C)[C@H]3O[C@@H]3c3ccc(CN4CCN(CCOCCOCCOCCC(=O)O)CC4)cc3)OC(=O)[C@H](CC(C)C)OC(=O)C(C)(C)CNC2=O)cc1Cl. The number of carboxylic acids is 1. The van der Waals surface area contributed by atoms with Crippen LogP contribution in [0.5, 0.6) is 5.75 Å². The van der Waals surface area contributed by atoms with Crippen molar-refractivity contribution in [1.82, 2.24) is 20.4 Å². The van der Waals surface area contributed by atoms with E-state index in [0.29, 0.717) is 49.4 Å². The summed E-state index contributed by atoms with van der Waals surface area (Å²) in [6.07, 6.45) is 1.03. The minimum Gasteiger partial charge on any atom is -0.495 e. The second kappa shape index (κ2) is 27.0. The van der Waals surface area contributed by atoms with E-state index in [4.69, 9.17) is 49.9 Å². The van der Waals surface area contributed by atoms with Crippen molar-refractivity contribution in [3.63, 3.8) is 0 Å². The Kier molecular flexibility index (Phi) is 21.5. The Balaban J connectivity index is 1.15. The molecular formula is C50H71ClN4O13. The predicted octanol–water partition coefficient (Wildman–Crippen LogP) is 4.77. The van der Waals surface area contributed by atoms with E-state index >= 15 is 0 Å². The molecule has 0 unspecified atom stereocenters. The number of amides is 2. The highest BCUT2D eigenvalue weighted by molar-refractivity contribution is 6.32. The number of benzene rings is 2. The molecule has 3 aliphatic heterocycles. The number of nitrogens with one attached hydrogen (secondary N) is 2. The number of esters is 2. The molecule has 0 saturated carbocycles. The maximum Gasteiger partial charge on any atom is 0.347 e. The van der Waals surface area contributed by atoms with E-state index < -0.39 is 53.4 Å². The smallest absolute Gasteiger partial charge is 0.347 e. The second-order valence-corrected chi connectivity index (χ2v) is 19.1. The highest BCUT2D eigenvalue weighted by Gasteiger charge is 2.48. The normalized spacial score (nSPS) is 24.1. The fourth-order valence-corrected chi connectivity index (χ4v) is 8.24. The van der Waals surface area contributed by atoms with E-state index in [1.165, 1.54) is 18.7 Å². The molecule has 6 atom stereocenters. The van der Waals surface area contributed by atoms with Gasteiger partial charge in [0.2, 0.25) is 11.8 Å². The lowest BCUT2D eigenvalue weighted by atomic mass is 9.92. The van der Waals surface area contributed by atoms with Gasteiger partial charge in [0, 0.05) is 64.6 Å². The molecular weight excluding hydrogens is 900 g/mol. The topological polar surface area (TPSA) is 204 Å². The van der Waals surface area contributed by atoms with Crippen LogP contribution in [-0.4, -0.2) is 155 Å². The Labute approximate surface area is 405 Å². The van der Waals surface area contributed by atoms with Crippen molar-refractivity contribution in [3.05, 3.63) is 76.3 Å². The zero-order valence-electron chi connectivity index (χ0n) is 40.4. The van der Waals surface area contributed by atoms with Crippen LogP contribution in [0.3, 0.4) is 0 Å². The molecule has 2 saturated heterocycles. The minimum absolute atomic E-state index is 0.00874. The van der Waals surface area contributed by atoms with Crippen molar-refractivity contribution in [1.29, 1.82) is 0 Å². The maximum absolute atomic E-state index is 13.9. The summed E-state index contributed by atoms with van der Waals surface area (Å²) in [5.41, 5.74) is 1.66. The highest BCUT2D eigenvalue weighted by atomic mass is 35.5. The lowest BCUT2D eigenvalue weighted by Gasteiger charge is -2.34. The third kappa shape index (κ3) is 17.7. The fourth-order valence-electron chi connectivity index (χ4n) is 7.96. The third-order valence-electron chi connectivity index (χ3n) is 12.2. The van der Waals surface area contributed by atoms with Crippen LogP contribution in [0, 0.1) is 17.3 Å². The summed E-state index contributed by atoms with van der Waals surface area (Å²) < 4.78 is 40.0. The molecule has 0 aromatic heterocycles. The summed E-state index contributed by atoms with van der Waals surface area (Å²) in [7, 11) is 1.51. The maximum atomic E-state index is 13.9. The number of piperazine rings is 1. The lowest BCUT2D eigenvalue weighted by molar-refractivity contribution is -0.179. The second-order valence-electron chi connectivity index (χ2n) is 18.7. The van der Waals surface area contributed by atoms with E-state index in [2.05, 4.69) is 44.7 Å². The van der Waals surface area contributed by atoms with Gasteiger partial charge in [0.25, 0.3) is 0 Å². The summed E-state index contributed by atoms with van der Waals surface area (Å²) in [4.78, 5) is 69.9. The molecule has 3 heterocycles. The summed E-state index contributed by atoms with van der Waals surface area (Å²) in [6.45, 7) is 16.9. The predicted molar refractivity (Wildman–Crippen MR) is 253 cm³/mol. The molecule has 3 N–H and O–H groups in total. The van der Waals surface area contributed by atoms with E-state index in [0.717, 1.165) is 44.8 Å². The van der Waals surface area contributed by atoms with E-state index in [1.54, 1.807) is 38.1 Å². The van der Waals surface area contributed by atoms with Crippen molar-refractivity contribution in [2.24, 2.45) is 17.3 Å². The van der Waals surface area contributed by atoms with Crippen molar-refractivity contribution < 1.29 is 62.2 Å². The van der Waals surface area contributed by atoms with Crippen LogP contribution in [0.1, 0.15) is 76.7 Å². The van der Waals surface area contributed by atoms with Crippen molar-refractivity contribution in [2.75, 3.05) is 86.0 Å². The highest BCUT2D eigenvalue weighted by Crippen LogP contribution is 2.45. The van der Waals surface area contributed by atoms with Crippen molar-refractivity contribution >= 4 is 41.3 Å². The van der Waals surface area contributed by atoms with Gasteiger partial charge >= 0.3 is 17.9 Å². The number of carbonyl (C=O) groups excluding carboxylic acids is 4. The van der Waals surface area contributed by atoms with Gasteiger partial charge in [-0.2, -0.15) is 0 Å². The first-order valence-corrected chi connectivity index (χ1v) is 24.0. The minimum atomic E-state index is -1.23. The van der Waals surface area contributed by atoms with Crippen LogP contribution >= 0.6 is 11.6 Å². The number of carboxylic acid groups (broad SMARTS) is 1. The zero-order chi connectivity index (χ0) is 49.2. The Hall–Kier alpha value is -4.62. The van der Waals surface area contributed by atoms with Gasteiger partial charge in [-0.15, -0.1) is 0 Å². The van der Waals surface area contributed by atoms with E-state index in [-0.39, 0.29) is 62.9 Å². The molecule has 2 aromatic carbocycles. The van der Waals surface area contributed by atoms with Crippen LogP contribution in [0.25, 0.3) is 0 Å². The summed E-state index contributed by atoms with van der Waals surface area (Å²) >= 11 is 6.38. The van der Waals surface area contributed by atoms with Crippen molar-refractivity contribution in [3.8, 4) is 5.75 Å². The van der Waals surface area contributed by atoms with Crippen LogP contribution in [0.15, 0.2) is 54.6 Å². The molecule has 0 radical (unpaired) electrons. The molecule has 376 valence electrons. The van der Waals surface area contributed by atoms with Gasteiger partial charge in [-0.3, -0.25) is 29.0 Å². The Bertz CT molecular complexity index is 1990. The lowest BCUT2D eigenvalue weighted by Crippen LogP contribution is -2.51. The number of carbonyl (C=O) groups is 5. The summed E-state index contributed by atoms with van der Waals surface area (Å²) in [5.74, 6) is -3.10. The van der Waals surface area contributed by atoms with Crippen LogP contribution < -0.4 is 15.4 Å². The number of aliphatic carboxylic acids is 1. The van der Waals surface area contributed by atoms with Crippen molar-refractivity contribution in [2.45, 2.75) is 97.3 Å². The number of methoxy groups -OCH3 is 1. The van der Waals surface area contributed by atoms with E-state index in [9.17, 15) is 24.0 Å². The first-order valence-electron chi connectivity index (χ1n) is 23.7. The largest absolute Gasteiger partial charge is 0.495 e. The Morgan fingerprint density at radius 1 is 0.882 bits per heavy atom. The molecule has 0 spiro atoms. The van der Waals surface area contributed by atoms with Crippen LogP contribution in [0.4, 0.5) is 0 Å². The van der Waals surface area contributed by atoms with E-state index in [1.807, 2.05) is 20.8 Å². The van der Waals surface area contributed by atoms with Gasteiger partial charge in [0.15, 0.2) is 6.10 Å². The first kappa shape index (κ1) is 54.3. The molecule has 0 aliphatic carbocycles. The number of ether oxygens (including phenoxy) is 7. The molecule has 68 heavy (non-hydrogen) atoms. The molecule has 3 aliphatic rings. The monoisotopic (exact) mass is 970 g/mol. The first-order chi connectivity index (χ1) is 32.5. The number of nitrogens with zero attached hydrogens (tertiary/aromatic N) is 2. The molecule has 2 fully saturated rings. The summed E-state index contributed by atoms with van der Waals surface area (Å²) in [5, 5.41) is 14.6. The van der Waals surface area contributed by atoms with Gasteiger partial charge in [-0.1, -0.05) is 68.8 Å². The molecule has 2 amide bonds. The van der Waals surface area contributed by atoms with Gasteiger partial charge in [0.05, 0.1) is 69.7 Å². The molecule has 17 nitrogen and oxygen atoms in total. The Morgan fingerprint density at radius 2 is 1.53 bits per heavy atom. The number of cyclic esters (lactones) is 2. The molecule has 0 bridgehead atoms. The molecule has 5 rings (SSSR count). The van der Waals surface area contributed by atoms with Gasteiger partial charge in [-0.05, 0) is 61.1 Å². The standard InChI is InChI=1S/C50H71ClN4O13/c1-33(2)28-42-48(60)66-40(8-7-9-43(56)53-39(30-36-12-15-41(62-6)38(51)29-36)47(59)52-32-50(4,5)49(61)67-42)34(3)45-46(68-45)37-13-10-35(11-14-37)31-55-19-17-54(18-20-55)21-23-64-25-27-65-26-24-63-22-16-44(57)58/h7,9-15,29,33-34,39-40,42,45-46H,8,16-28,30-32H2,1-6H3,(H,52,59)(H,53,56)(H,57,58)/b9-7+/t34-,39+,40-,42-,45+,46+/m0/s1. The average Bonchev–Trinajstić information content (AvgIpc) is 4.10. The fraction of sp³-hybridized carbons (Fsp3) is 0.620. The Morgan fingerprint density at radius 3 is 2.18 bits per heavy atom. The number of hydrogen-bond acceptors (Lipinski definition) is 14. The van der Waals surface area contributed by atoms with Crippen LogP contribution in [-0.2, 0) is 65.4 Å². The third-order valence-corrected chi connectivity index (χ3v) is 12.5. The summed E-state index contributed by atoms with van der Waals surface area (Å²) in [6, 6.07) is 12.5. The number of halogens is 1. The van der Waals surface area contributed by atoms with Crippen LogP contribution in [0.2, 0.25) is 5.02 Å². The van der Waals surface area contributed by atoms with Gasteiger partial charge < -0.3 is 48.9 Å². The van der Waals surface area contributed by atoms with Gasteiger partial charge in [0.1, 0.15) is 24.0 Å². The number of rotatable bonds is 22. The average molecular weight is 972 g/mol. The zero-order valence-corrected chi connectivity index (χ0v) is 41.1. The van der Waals surface area contributed by atoms with Gasteiger partial charge in [-0.25, -0.2) is 4.79 Å².